The van der Waals surface area contributed by atoms with E-state index >= 15 is 0 Å². The highest BCUT2D eigenvalue weighted by Crippen LogP contribution is 2.09. The third-order valence-electron chi connectivity index (χ3n) is 2.10. The van der Waals surface area contributed by atoms with Gasteiger partial charge in [0.25, 0.3) is 0 Å². The number of rotatable bonds is 2. The summed E-state index contributed by atoms with van der Waals surface area (Å²) in [5.41, 5.74) is 2.03. The molecule has 3 heteroatoms. The van der Waals surface area contributed by atoms with Gasteiger partial charge in [0.05, 0.1) is 0 Å². The van der Waals surface area contributed by atoms with Gasteiger partial charge >= 0.3 is 0 Å². The molecule has 0 aromatic heterocycles. The summed E-state index contributed by atoms with van der Waals surface area (Å²) in [6.45, 7) is 0. The summed E-state index contributed by atoms with van der Waals surface area (Å²) in [5.74, 6) is -0.144. The Balaban J connectivity index is 0.000000171. The van der Waals surface area contributed by atoms with E-state index in [-0.39, 0.29) is 5.82 Å². The highest BCUT2D eigenvalue weighted by molar-refractivity contribution is 9.08. The van der Waals surface area contributed by atoms with Crippen LogP contribution in [0, 0.1) is 5.82 Å². The fraction of sp³-hybridized carbons (Fsp3) is 0.143. The molecule has 2 aromatic carbocycles. The lowest BCUT2D eigenvalue weighted by Gasteiger charge is -1.93. The van der Waals surface area contributed by atoms with Crippen LogP contribution in [0.5, 0.6) is 0 Å². The first-order chi connectivity index (χ1) is 8.27. The van der Waals surface area contributed by atoms with Gasteiger partial charge in [-0.25, -0.2) is 4.39 Å². The lowest BCUT2D eigenvalue weighted by molar-refractivity contribution is 0.618. The number of alkyl halides is 2. The molecule has 0 aliphatic carbocycles. The molecule has 17 heavy (non-hydrogen) atoms. The van der Waals surface area contributed by atoms with Crippen molar-refractivity contribution in [2.24, 2.45) is 0 Å². The molecule has 0 bridgehead atoms. The van der Waals surface area contributed by atoms with Gasteiger partial charge in [-0.05, 0) is 17.2 Å². The molecule has 0 saturated heterocycles. The quantitative estimate of drug-likeness (QED) is 0.638. The SMILES string of the molecule is BrCc1ccccc1.Fc1ccccc1CBr. The first kappa shape index (κ1) is 14.4. The van der Waals surface area contributed by atoms with Crippen molar-refractivity contribution in [2.45, 2.75) is 10.7 Å². The van der Waals surface area contributed by atoms with Crippen molar-refractivity contribution in [3.05, 3.63) is 71.5 Å². The molecule has 0 heterocycles. The van der Waals surface area contributed by atoms with Crippen LogP contribution in [0.1, 0.15) is 11.1 Å². The summed E-state index contributed by atoms with van der Waals surface area (Å²) < 4.78 is 12.6. The average Bonchev–Trinajstić information content (AvgIpc) is 2.41. The fourth-order valence-electron chi connectivity index (χ4n) is 1.17. The number of benzene rings is 2. The molecule has 90 valence electrons. The van der Waals surface area contributed by atoms with Gasteiger partial charge in [-0.1, -0.05) is 80.4 Å². The van der Waals surface area contributed by atoms with Gasteiger partial charge < -0.3 is 0 Å². The highest BCUT2D eigenvalue weighted by Gasteiger charge is 1.94. The van der Waals surface area contributed by atoms with Crippen molar-refractivity contribution in [3.63, 3.8) is 0 Å². The Morgan fingerprint density at radius 3 is 1.76 bits per heavy atom. The van der Waals surface area contributed by atoms with Gasteiger partial charge in [-0.2, -0.15) is 0 Å². The van der Waals surface area contributed by atoms with Crippen molar-refractivity contribution in [1.82, 2.24) is 0 Å². The zero-order chi connectivity index (χ0) is 12.5. The maximum absolute atomic E-state index is 12.6. The van der Waals surface area contributed by atoms with E-state index in [4.69, 9.17) is 0 Å². The molecule has 0 fully saturated rings. The Labute approximate surface area is 118 Å². The monoisotopic (exact) mass is 358 g/mol. The lowest BCUT2D eigenvalue weighted by atomic mass is 10.2. The van der Waals surface area contributed by atoms with Gasteiger partial charge in [-0.3, -0.25) is 0 Å². The summed E-state index contributed by atoms with van der Waals surface area (Å²) in [4.78, 5) is 0. The van der Waals surface area contributed by atoms with Crippen molar-refractivity contribution in [3.8, 4) is 0 Å². The molecule has 0 N–H and O–H groups in total. The Kier molecular flexibility index (Phi) is 7.13. The van der Waals surface area contributed by atoms with Crippen LogP contribution in [0.15, 0.2) is 54.6 Å². The van der Waals surface area contributed by atoms with E-state index in [0.29, 0.717) is 10.9 Å². The van der Waals surface area contributed by atoms with Crippen molar-refractivity contribution < 1.29 is 4.39 Å². The molecular formula is C14H13Br2F. The molecule has 0 amide bonds. The van der Waals surface area contributed by atoms with Crippen LogP contribution in [0.2, 0.25) is 0 Å². The summed E-state index contributed by atoms with van der Waals surface area (Å²) in [6.07, 6.45) is 0. The molecule has 0 aliphatic heterocycles. The Morgan fingerprint density at radius 1 is 0.765 bits per heavy atom. The zero-order valence-corrected chi connectivity index (χ0v) is 12.4. The highest BCUT2D eigenvalue weighted by atomic mass is 79.9. The Hall–Kier alpha value is -0.670. The summed E-state index contributed by atoms with van der Waals surface area (Å²) >= 11 is 6.53. The Bertz CT molecular complexity index is 429. The fourth-order valence-corrected chi connectivity index (χ4v) is 2.00. The minimum atomic E-state index is -0.144. The number of halogens is 3. The molecule has 0 nitrogen and oxygen atoms in total. The molecule has 0 saturated carbocycles. The second kappa shape index (κ2) is 8.43. The van der Waals surface area contributed by atoms with E-state index in [1.807, 2.05) is 24.3 Å². The van der Waals surface area contributed by atoms with E-state index in [1.54, 1.807) is 12.1 Å². The third-order valence-corrected chi connectivity index (χ3v) is 3.35. The van der Waals surface area contributed by atoms with Crippen LogP contribution in [0.25, 0.3) is 0 Å². The van der Waals surface area contributed by atoms with Gasteiger partial charge in [0.15, 0.2) is 0 Å². The predicted molar refractivity (Wildman–Crippen MR) is 78.1 cm³/mol. The van der Waals surface area contributed by atoms with Crippen LogP contribution in [-0.2, 0) is 10.7 Å². The van der Waals surface area contributed by atoms with Gasteiger partial charge in [0, 0.05) is 10.7 Å². The smallest absolute Gasteiger partial charge is 0.127 e. The first-order valence-corrected chi connectivity index (χ1v) is 7.41. The number of hydrogen-bond donors (Lipinski definition) is 0. The van der Waals surface area contributed by atoms with Gasteiger partial charge in [-0.15, -0.1) is 0 Å². The van der Waals surface area contributed by atoms with Gasteiger partial charge in [0.2, 0.25) is 0 Å². The first-order valence-electron chi connectivity index (χ1n) is 5.17. The van der Waals surface area contributed by atoms with E-state index in [0.717, 1.165) is 5.33 Å². The normalized spacial score (nSPS) is 9.35. The second-order valence-corrected chi connectivity index (χ2v) is 4.47. The van der Waals surface area contributed by atoms with E-state index in [2.05, 4.69) is 44.0 Å². The van der Waals surface area contributed by atoms with Crippen LogP contribution < -0.4 is 0 Å². The van der Waals surface area contributed by atoms with E-state index in [9.17, 15) is 4.39 Å². The van der Waals surface area contributed by atoms with E-state index in [1.165, 1.54) is 11.6 Å². The van der Waals surface area contributed by atoms with Gasteiger partial charge in [0.1, 0.15) is 5.82 Å². The maximum Gasteiger partial charge on any atom is 0.127 e. The zero-order valence-electron chi connectivity index (χ0n) is 9.24. The van der Waals surface area contributed by atoms with Crippen LogP contribution in [0.3, 0.4) is 0 Å². The van der Waals surface area contributed by atoms with Crippen LogP contribution in [-0.4, -0.2) is 0 Å². The summed E-state index contributed by atoms with van der Waals surface area (Å²) in [7, 11) is 0. The molecular weight excluding hydrogens is 347 g/mol. The van der Waals surface area contributed by atoms with Crippen LogP contribution >= 0.6 is 31.9 Å². The molecule has 0 atom stereocenters. The minimum Gasteiger partial charge on any atom is -0.207 e. The predicted octanol–water partition coefficient (Wildman–Crippen LogP) is 5.30. The molecule has 0 aliphatic rings. The number of hydrogen-bond acceptors (Lipinski definition) is 0. The molecule has 0 spiro atoms. The van der Waals surface area contributed by atoms with Crippen molar-refractivity contribution >= 4 is 31.9 Å². The molecule has 0 radical (unpaired) electrons. The molecule has 0 unspecified atom stereocenters. The summed E-state index contributed by atoms with van der Waals surface area (Å²) in [5, 5.41) is 1.54. The van der Waals surface area contributed by atoms with E-state index < -0.39 is 0 Å². The Morgan fingerprint density at radius 2 is 1.35 bits per heavy atom. The minimum absolute atomic E-state index is 0.144. The largest absolute Gasteiger partial charge is 0.207 e. The third kappa shape index (κ3) is 5.46. The maximum atomic E-state index is 12.6. The molecule has 2 rings (SSSR count). The topological polar surface area (TPSA) is 0 Å². The van der Waals surface area contributed by atoms with Crippen molar-refractivity contribution in [2.75, 3.05) is 0 Å². The summed E-state index contributed by atoms with van der Waals surface area (Å²) in [6, 6.07) is 17.0. The van der Waals surface area contributed by atoms with Crippen LogP contribution in [0.4, 0.5) is 4.39 Å². The standard InChI is InChI=1S/C7H6BrF.C7H7Br/c8-5-6-3-1-2-4-7(6)9;8-6-7-4-2-1-3-5-7/h1-4H,5H2;1-5H,6H2. The second-order valence-electron chi connectivity index (χ2n) is 3.34. The molecule has 2 aromatic rings. The lowest BCUT2D eigenvalue weighted by Crippen LogP contribution is -1.81. The van der Waals surface area contributed by atoms with Crippen molar-refractivity contribution in [1.29, 1.82) is 0 Å². The average molecular weight is 360 g/mol.